The molecule has 0 saturated heterocycles. The summed E-state index contributed by atoms with van der Waals surface area (Å²) in [5.41, 5.74) is 0. The van der Waals surface area contributed by atoms with Crippen LogP contribution in [0.2, 0.25) is 0 Å². The Bertz CT molecular complexity index is 446. The molecule has 1 fully saturated rings. The van der Waals surface area contributed by atoms with E-state index in [0.29, 0.717) is 4.21 Å². The van der Waals surface area contributed by atoms with Crippen molar-refractivity contribution in [3.8, 4) is 0 Å². The van der Waals surface area contributed by atoms with Crippen molar-refractivity contribution < 1.29 is 13.3 Å². The summed E-state index contributed by atoms with van der Waals surface area (Å²) < 4.78 is 23.9. The normalized spacial score (nSPS) is 18.1. The van der Waals surface area contributed by atoms with E-state index in [1.807, 2.05) is 6.92 Å². The van der Waals surface area contributed by atoms with E-state index in [0.717, 1.165) is 30.6 Å². The van der Waals surface area contributed by atoms with Crippen molar-refractivity contribution in [3.05, 3.63) is 17.0 Å². The summed E-state index contributed by atoms with van der Waals surface area (Å²) in [6.45, 7) is 1.88. The zero-order valence-corrected chi connectivity index (χ0v) is 10.7. The van der Waals surface area contributed by atoms with E-state index in [1.54, 1.807) is 12.1 Å². The van der Waals surface area contributed by atoms with Crippen LogP contribution in [0.5, 0.6) is 0 Å². The van der Waals surface area contributed by atoms with Crippen LogP contribution in [0, 0.1) is 6.92 Å². The Morgan fingerprint density at radius 1 is 1.38 bits per heavy atom. The topological polar surface area (TPSA) is 55.4 Å². The number of nitrogens with one attached hydrogen (secondary N) is 1. The second kappa shape index (κ2) is 4.83. The maximum Gasteiger partial charge on any atom is 0.271 e. The molecule has 90 valence electrons. The van der Waals surface area contributed by atoms with Gasteiger partial charge in [-0.1, -0.05) is 17.7 Å². The number of aryl methyl sites for hydroxylation is 1. The van der Waals surface area contributed by atoms with Crippen LogP contribution in [0.4, 0.5) is 0 Å². The fourth-order valence-corrected chi connectivity index (χ4v) is 3.85. The Labute approximate surface area is 99.6 Å². The van der Waals surface area contributed by atoms with E-state index < -0.39 is 10.0 Å². The third-order valence-corrected chi connectivity index (χ3v) is 5.29. The van der Waals surface area contributed by atoms with Crippen molar-refractivity contribution >= 4 is 21.4 Å². The highest BCUT2D eigenvalue weighted by atomic mass is 32.2. The molecule has 0 aromatic carbocycles. The lowest BCUT2D eigenvalue weighted by Gasteiger charge is -2.10. The maximum atomic E-state index is 11.8. The minimum absolute atomic E-state index is 0.0378. The highest BCUT2D eigenvalue weighted by Gasteiger charge is 2.21. The minimum Gasteiger partial charge on any atom is -0.284 e. The van der Waals surface area contributed by atoms with Crippen molar-refractivity contribution in [2.75, 3.05) is 0 Å². The summed E-state index contributed by atoms with van der Waals surface area (Å²) in [5, 5.41) is 0. The van der Waals surface area contributed by atoms with E-state index in [1.165, 1.54) is 11.3 Å². The van der Waals surface area contributed by atoms with Crippen molar-refractivity contribution in [2.24, 2.45) is 0 Å². The molecular formula is C10H15NO3S2. The number of hydrogen-bond donors (Lipinski definition) is 1. The molecule has 0 unspecified atom stereocenters. The molecular weight excluding hydrogens is 246 g/mol. The summed E-state index contributed by atoms with van der Waals surface area (Å²) >= 11 is 1.25. The molecule has 4 nitrogen and oxygen atoms in total. The lowest BCUT2D eigenvalue weighted by atomic mass is 10.3. The fourth-order valence-electron chi connectivity index (χ4n) is 1.74. The summed E-state index contributed by atoms with van der Waals surface area (Å²) in [4.78, 5) is 8.39. The number of sulfonamides is 1. The first-order valence-electron chi connectivity index (χ1n) is 5.32. The van der Waals surface area contributed by atoms with Crippen LogP contribution in [-0.2, 0) is 14.9 Å². The number of thiophene rings is 1. The van der Waals surface area contributed by atoms with Crippen LogP contribution in [0.25, 0.3) is 0 Å². The molecule has 16 heavy (non-hydrogen) atoms. The van der Waals surface area contributed by atoms with Gasteiger partial charge in [0.2, 0.25) is 0 Å². The third-order valence-electron chi connectivity index (χ3n) is 2.61. The van der Waals surface area contributed by atoms with Gasteiger partial charge in [-0.25, -0.2) is 8.42 Å². The first-order chi connectivity index (χ1) is 7.58. The van der Waals surface area contributed by atoms with E-state index in [9.17, 15) is 8.42 Å². The fraction of sp³-hybridized carbons (Fsp3) is 0.600. The number of rotatable bonds is 4. The van der Waals surface area contributed by atoms with Crippen LogP contribution >= 0.6 is 11.3 Å². The molecule has 0 aliphatic heterocycles. The van der Waals surface area contributed by atoms with Gasteiger partial charge in [0.05, 0.1) is 6.10 Å². The summed E-state index contributed by atoms with van der Waals surface area (Å²) in [6.07, 6.45) is 4.14. The highest BCUT2D eigenvalue weighted by Crippen LogP contribution is 2.23. The van der Waals surface area contributed by atoms with Crippen LogP contribution < -0.4 is 4.89 Å². The van der Waals surface area contributed by atoms with E-state index >= 15 is 0 Å². The molecule has 1 heterocycles. The van der Waals surface area contributed by atoms with Gasteiger partial charge in [-0.2, -0.15) is 0 Å². The molecule has 1 N–H and O–H groups in total. The van der Waals surface area contributed by atoms with Gasteiger partial charge < -0.3 is 0 Å². The molecule has 1 aliphatic carbocycles. The Morgan fingerprint density at radius 3 is 2.62 bits per heavy atom. The maximum absolute atomic E-state index is 11.8. The van der Waals surface area contributed by atoms with Crippen LogP contribution in [0.3, 0.4) is 0 Å². The second-order valence-corrected chi connectivity index (χ2v) is 7.14. The van der Waals surface area contributed by atoms with Gasteiger partial charge in [0.25, 0.3) is 10.0 Å². The molecule has 0 radical (unpaired) electrons. The predicted molar refractivity (Wildman–Crippen MR) is 62.7 cm³/mol. The summed E-state index contributed by atoms with van der Waals surface area (Å²) in [6, 6.07) is 3.38. The lowest BCUT2D eigenvalue weighted by molar-refractivity contribution is 0.0224. The zero-order valence-electron chi connectivity index (χ0n) is 9.10. The van der Waals surface area contributed by atoms with E-state index in [-0.39, 0.29) is 6.10 Å². The molecule has 0 atom stereocenters. The quantitative estimate of drug-likeness (QED) is 0.845. The van der Waals surface area contributed by atoms with Crippen molar-refractivity contribution in [1.82, 2.24) is 4.89 Å². The second-order valence-electron chi connectivity index (χ2n) is 3.98. The first kappa shape index (κ1) is 12.0. The highest BCUT2D eigenvalue weighted by molar-refractivity contribution is 7.91. The van der Waals surface area contributed by atoms with Gasteiger partial charge in [0.1, 0.15) is 4.21 Å². The summed E-state index contributed by atoms with van der Waals surface area (Å²) in [7, 11) is -3.48. The molecule has 1 saturated carbocycles. The molecule has 0 spiro atoms. The molecule has 0 bridgehead atoms. The van der Waals surface area contributed by atoms with Crippen LogP contribution in [0.15, 0.2) is 16.3 Å². The predicted octanol–water partition coefficient (Wildman–Crippen LogP) is 2.21. The Kier molecular flexibility index (Phi) is 3.63. The molecule has 2 rings (SSSR count). The van der Waals surface area contributed by atoms with Gasteiger partial charge in [0.15, 0.2) is 0 Å². The Balaban J connectivity index is 1.97. The van der Waals surface area contributed by atoms with Crippen molar-refractivity contribution in [2.45, 2.75) is 42.9 Å². The third kappa shape index (κ3) is 2.82. The van der Waals surface area contributed by atoms with Gasteiger partial charge >= 0.3 is 0 Å². The molecule has 1 aromatic rings. The smallest absolute Gasteiger partial charge is 0.271 e. The van der Waals surface area contributed by atoms with Crippen molar-refractivity contribution in [1.29, 1.82) is 0 Å². The van der Waals surface area contributed by atoms with Gasteiger partial charge in [0, 0.05) is 4.88 Å². The Morgan fingerprint density at radius 2 is 2.06 bits per heavy atom. The van der Waals surface area contributed by atoms with Gasteiger partial charge in [-0.05, 0) is 31.9 Å². The van der Waals surface area contributed by atoms with E-state index in [4.69, 9.17) is 4.84 Å². The van der Waals surface area contributed by atoms with Gasteiger partial charge in [-0.15, -0.1) is 11.3 Å². The summed E-state index contributed by atoms with van der Waals surface area (Å²) in [5.74, 6) is 0. The Hall–Kier alpha value is -0.430. The first-order valence-corrected chi connectivity index (χ1v) is 7.62. The lowest BCUT2D eigenvalue weighted by Crippen LogP contribution is -2.27. The average molecular weight is 261 g/mol. The number of hydrogen-bond acceptors (Lipinski definition) is 4. The van der Waals surface area contributed by atoms with Crippen molar-refractivity contribution in [3.63, 3.8) is 0 Å². The average Bonchev–Trinajstić information content (AvgIpc) is 2.85. The molecule has 1 aliphatic rings. The largest absolute Gasteiger partial charge is 0.284 e. The molecule has 0 amide bonds. The molecule has 1 aromatic heterocycles. The zero-order chi connectivity index (χ0) is 11.6. The standard InChI is InChI=1S/C10H15NO3S2/c1-8-6-7-10(15-8)16(12,13)11-14-9-4-2-3-5-9/h6-7,9,11H,2-5H2,1H3. The van der Waals surface area contributed by atoms with E-state index in [2.05, 4.69) is 4.89 Å². The van der Waals surface area contributed by atoms with Gasteiger partial charge in [-0.3, -0.25) is 4.84 Å². The monoisotopic (exact) mass is 261 g/mol. The SMILES string of the molecule is Cc1ccc(S(=O)(=O)NOC2CCCC2)s1. The van der Waals surface area contributed by atoms with Crippen LogP contribution in [0.1, 0.15) is 30.6 Å². The minimum atomic E-state index is -3.48. The molecule has 6 heteroatoms. The van der Waals surface area contributed by atoms with Crippen LogP contribution in [-0.4, -0.2) is 14.5 Å².